The second-order valence-electron chi connectivity index (χ2n) is 9.81. The zero-order valence-electron chi connectivity index (χ0n) is 20.9. The van der Waals surface area contributed by atoms with E-state index in [4.69, 9.17) is 11.6 Å². The molecule has 9 heteroatoms. The summed E-state index contributed by atoms with van der Waals surface area (Å²) in [6, 6.07) is 19.9. The molecule has 1 aliphatic rings. The van der Waals surface area contributed by atoms with E-state index < -0.39 is 16.1 Å². The van der Waals surface area contributed by atoms with Gasteiger partial charge in [-0.05, 0) is 79.3 Å². The lowest BCUT2D eigenvalue weighted by Gasteiger charge is -2.32. The summed E-state index contributed by atoms with van der Waals surface area (Å²) in [6.45, 7) is 6.64. The monoisotopic (exact) mass is 555 g/mol. The van der Waals surface area contributed by atoms with Crippen LogP contribution in [0, 0.1) is 5.92 Å². The van der Waals surface area contributed by atoms with Crippen molar-refractivity contribution in [2.24, 2.45) is 5.92 Å². The van der Waals surface area contributed by atoms with Crippen LogP contribution >= 0.6 is 22.9 Å². The predicted molar refractivity (Wildman–Crippen MR) is 152 cm³/mol. The molecule has 5 rings (SSSR count). The van der Waals surface area contributed by atoms with Gasteiger partial charge in [0.05, 0.1) is 21.7 Å². The number of thiazole rings is 1. The molecule has 0 bridgehead atoms. The molecule has 2 heterocycles. The molecular formula is C28H30ClN3O3S2. The number of nitrogens with one attached hydrogen (secondary N) is 1. The molecule has 37 heavy (non-hydrogen) atoms. The van der Waals surface area contributed by atoms with E-state index in [-0.39, 0.29) is 9.77 Å². The second kappa shape index (κ2) is 10.6. The normalized spacial score (nSPS) is 15.8. The zero-order valence-corrected chi connectivity index (χ0v) is 23.2. The van der Waals surface area contributed by atoms with E-state index in [1.807, 2.05) is 31.2 Å². The van der Waals surface area contributed by atoms with Gasteiger partial charge in [-0.2, -0.15) is 0 Å². The maximum absolute atomic E-state index is 13.2. The number of hydrogen-bond donors (Lipinski definition) is 1. The van der Waals surface area contributed by atoms with Crippen molar-refractivity contribution in [3.05, 3.63) is 92.5 Å². The van der Waals surface area contributed by atoms with Crippen molar-refractivity contribution >= 4 is 48.9 Å². The molecule has 1 N–H and O–H groups in total. The summed E-state index contributed by atoms with van der Waals surface area (Å²) in [6.07, 6.45) is 2.39. The van der Waals surface area contributed by atoms with Crippen LogP contribution in [0.5, 0.6) is 0 Å². The maximum atomic E-state index is 13.2. The highest BCUT2D eigenvalue weighted by molar-refractivity contribution is 7.89. The van der Waals surface area contributed by atoms with Gasteiger partial charge in [-0.15, -0.1) is 0 Å². The average molecular weight is 556 g/mol. The van der Waals surface area contributed by atoms with E-state index in [9.17, 15) is 13.2 Å². The zero-order chi connectivity index (χ0) is 26.2. The first-order valence-corrected chi connectivity index (χ1v) is 15.1. The third-order valence-corrected chi connectivity index (χ3v) is 9.81. The van der Waals surface area contributed by atoms with Gasteiger partial charge in [0, 0.05) is 29.8 Å². The highest BCUT2D eigenvalue weighted by atomic mass is 35.5. The summed E-state index contributed by atoms with van der Waals surface area (Å²) in [5.74, 6) is 0.771. The highest BCUT2D eigenvalue weighted by Gasteiger charge is 2.21. The van der Waals surface area contributed by atoms with Crippen LogP contribution in [-0.4, -0.2) is 26.1 Å². The average Bonchev–Trinajstić information content (AvgIpc) is 3.19. The summed E-state index contributed by atoms with van der Waals surface area (Å²) in [5, 5.41) is 0.635. The van der Waals surface area contributed by atoms with Gasteiger partial charge in [-0.3, -0.25) is 9.36 Å². The van der Waals surface area contributed by atoms with Gasteiger partial charge in [-0.1, -0.05) is 54.1 Å². The van der Waals surface area contributed by atoms with Gasteiger partial charge in [0.1, 0.15) is 0 Å². The minimum absolute atomic E-state index is 0.135. The molecular weight excluding hydrogens is 526 g/mol. The van der Waals surface area contributed by atoms with Crippen molar-refractivity contribution < 1.29 is 8.42 Å². The molecule has 1 atom stereocenters. The van der Waals surface area contributed by atoms with Crippen LogP contribution < -0.4 is 14.5 Å². The third-order valence-electron chi connectivity index (χ3n) is 7.08. The van der Waals surface area contributed by atoms with Crippen molar-refractivity contribution in [2.75, 3.05) is 18.0 Å². The minimum atomic E-state index is -3.78. The summed E-state index contributed by atoms with van der Waals surface area (Å²) >= 11 is 7.01. The topological polar surface area (TPSA) is 71.4 Å². The fourth-order valence-electron chi connectivity index (χ4n) is 4.75. The largest absolute Gasteiger partial charge is 0.372 e. The maximum Gasteiger partial charge on any atom is 0.308 e. The van der Waals surface area contributed by atoms with Crippen LogP contribution in [0.15, 0.2) is 76.4 Å². The molecule has 0 unspecified atom stereocenters. The van der Waals surface area contributed by atoms with Gasteiger partial charge < -0.3 is 4.90 Å². The van der Waals surface area contributed by atoms with Crippen molar-refractivity contribution in [3.8, 4) is 0 Å². The number of anilines is 1. The lowest BCUT2D eigenvalue weighted by atomic mass is 9.98. The third kappa shape index (κ3) is 5.77. The summed E-state index contributed by atoms with van der Waals surface area (Å²) in [4.78, 5) is 15.1. The highest BCUT2D eigenvalue weighted by Crippen LogP contribution is 2.27. The van der Waals surface area contributed by atoms with Crippen LogP contribution in [0.25, 0.3) is 10.2 Å². The Bertz CT molecular complexity index is 1550. The fourth-order valence-corrected chi connectivity index (χ4v) is 7.13. The molecule has 0 amide bonds. The molecule has 6 nitrogen and oxygen atoms in total. The van der Waals surface area contributed by atoms with E-state index in [1.54, 1.807) is 34.9 Å². The molecule has 1 saturated heterocycles. The quantitative estimate of drug-likeness (QED) is 0.302. The number of piperidine rings is 1. The molecule has 194 valence electrons. The first-order chi connectivity index (χ1) is 17.7. The number of hydrogen-bond acceptors (Lipinski definition) is 5. The van der Waals surface area contributed by atoms with Crippen molar-refractivity contribution in [2.45, 2.75) is 44.2 Å². The van der Waals surface area contributed by atoms with Crippen LogP contribution in [0.4, 0.5) is 5.69 Å². The fraction of sp³-hybridized carbons (Fsp3) is 0.321. The predicted octanol–water partition coefficient (Wildman–Crippen LogP) is 6.04. The Morgan fingerprint density at radius 1 is 1.03 bits per heavy atom. The Kier molecular flexibility index (Phi) is 7.45. The van der Waals surface area contributed by atoms with Gasteiger partial charge >= 0.3 is 4.87 Å². The van der Waals surface area contributed by atoms with Crippen molar-refractivity contribution in [1.82, 2.24) is 9.29 Å². The molecule has 0 aliphatic carbocycles. The number of rotatable bonds is 7. The number of benzene rings is 3. The smallest absolute Gasteiger partial charge is 0.308 e. The molecule has 3 aromatic carbocycles. The summed E-state index contributed by atoms with van der Waals surface area (Å²) in [7, 11) is -3.78. The number of nitrogens with zero attached hydrogens (tertiary/aromatic N) is 2. The first kappa shape index (κ1) is 26.0. The van der Waals surface area contributed by atoms with E-state index in [2.05, 4.69) is 28.7 Å². The number of sulfonamides is 1. The lowest BCUT2D eigenvalue weighted by Crippen LogP contribution is -2.32. The molecule has 0 saturated carbocycles. The Morgan fingerprint density at radius 2 is 1.70 bits per heavy atom. The Balaban J connectivity index is 1.31. The molecule has 0 spiro atoms. The van der Waals surface area contributed by atoms with Crippen molar-refractivity contribution in [3.63, 3.8) is 0 Å². The summed E-state index contributed by atoms with van der Waals surface area (Å²) < 4.78 is 31.5. The van der Waals surface area contributed by atoms with Gasteiger partial charge in [0.2, 0.25) is 10.0 Å². The molecule has 1 aliphatic heterocycles. The van der Waals surface area contributed by atoms with Crippen molar-refractivity contribution in [1.29, 1.82) is 0 Å². The first-order valence-electron chi connectivity index (χ1n) is 12.4. The second-order valence-corrected chi connectivity index (χ2v) is 13.0. The Hall–Kier alpha value is -2.65. The van der Waals surface area contributed by atoms with Crippen LogP contribution in [0.3, 0.4) is 0 Å². The van der Waals surface area contributed by atoms with Gasteiger partial charge in [-0.25, -0.2) is 13.1 Å². The van der Waals surface area contributed by atoms with E-state index in [1.165, 1.54) is 18.5 Å². The van der Waals surface area contributed by atoms with E-state index in [0.29, 0.717) is 21.8 Å². The van der Waals surface area contributed by atoms with E-state index >= 15 is 0 Å². The van der Waals surface area contributed by atoms with Gasteiger partial charge in [0.25, 0.3) is 0 Å². The van der Waals surface area contributed by atoms with Crippen LogP contribution in [0.1, 0.15) is 43.9 Å². The number of fused-ring (bicyclic) bond motifs is 1. The molecule has 1 fully saturated rings. The number of aromatic nitrogens is 1. The van der Waals surface area contributed by atoms with Gasteiger partial charge in [0.15, 0.2) is 0 Å². The lowest BCUT2D eigenvalue weighted by molar-refractivity contribution is 0.438. The minimum Gasteiger partial charge on any atom is -0.372 e. The van der Waals surface area contributed by atoms with Crippen LogP contribution in [-0.2, 0) is 16.6 Å². The molecule has 1 aromatic heterocycles. The summed E-state index contributed by atoms with van der Waals surface area (Å²) in [5.41, 5.74) is 3.73. The van der Waals surface area contributed by atoms with E-state index in [0.717, 1.165) is 41.5 Å². The SMILES string of the molecule is CC1CCN(c2ccc([C@@H](C)NS(=O)(=O)c3ccc4c(c3)sc(=O)n4Cc3ccc(Cl)cc3)cc2)CC1. The Labute approximate surface area is 226 Å². The van der Waals surface area contributed by atoms with Crippen LogP contribution in [0.2, 0.25) is 5.02 Å². The number of halogens is 1. The Morgan fingerprint density at radius 3 is 2.38 bits per heavy atom. The molecule has 4 aromatic rings. The standard InChI is InChI=1S/C28H30ClN3O3S2/c1-19-13-15-31(16-14-19)24-9-5-22(6-10-24)20(2)30-37(34,35)25-11-12-26-27(17-25)36-28(33)32(26)18-21-3-7-23(29)8-4-21/h3-12,17,19-20,30H,13-16,18H2,1-2H3/t20-/m1/s1. The molecule has 0 radical (unpaired) electrons.